The van der Waals surface area contributed by atoms with Crippen LogP contribution < -0.4 is 10.6 Å². The summed E-state index contributed by atoms with van der Waals surface area (Å²) in [5, 5.41) is 5.83. The second-order valence-corrected chi connectivity index (χ2v) is 10.6. The van der Waals surface area contributed by atoms with Gasteiger partial charge in [-0.3, -0.25) is 9.59 Å². The summed E-state index contributed by atoms with van der Waals surface area (Å²) in [4.78, 5) is 42.4. The molecule has 0 heterocycles. The SMILES string of the molecule is CCN(C(=O)C(Cc1ccccc1)NC(=O)OC(C)(C)C)C(C(=O)Nc1c(C)cccc1C)c1ccccc1. The number of nitrogens with one attached hydrogen (secondary N) is 2. The summed E-state index contributed by atoms with van der Waals surface area (Å²) in [5.74, 6) is -0.706. The minimum absolute atomic E-state index is 0.245. The Labute approximate surface area is 231 Å². The fraction of sp³-hybridized carbons (Fsp3) is 0.344. The number of nitrogens with zero attached hydrogens (tertiary/aromatic N) is 1. The molecule has 3 rings (SSSR count). The summed E-state index contributed by atoms with van der Waals surface area (Å²) in [7, 11) is 0. The van der Waals surface area contributed by atoms with Gasteiger partial charge in [0.25, 0.3) is 5.91 Å². The fourth-order valence-electron chi connectivity index (χ4n) is 4.48. The first-order chi connectivity index (χ1) is 18.5. The summed E-state index contributed by atoms with van der Waals surface area (Å²) in [6.45, 7) is 11.2. The Balaban J connectivity index is 1.99. The molecule has 0 aliphatic rings. The lowest BCUT2D eigenvalue weighted by atomic mass is 10.00. The first kappa shape index (κ1) is 29.4. The maximum absolute atomic E-state index is 14.2. The van der Waals surface area contributed by atoms with Crippen LogP contribution in [0, 0.1) is 13.8 Å². The van der Waals surface area contributed by atoms with Crippen molar-refractivity contribution in [2.24, 2.45) is 0 Å². The second kappa shape index (κ2) is 13.1. The van der Waals surface area contributed by atoms with E-state index in [2.05, 4.69) is 10.6 Å². The average Bonchev–Trinajstić information content (AvgIpc) is 2.88. The van der Waals surface area contributed by atoms with E-state index in [1.165, 1.54) is 4.90 Å². The lowest BCUT2D eigenvalue weighted by Gasteiger charge is -2.34. The first-order valence-corrected chi connectivity index (χ1v) is 13.3. The number of amides is 3. The highest BCUT2D eigenvalue weighted by atomic mass is 16.6. The number of aryl methyl sites for hydroxylation is 2. The largest absolute Gasteiger partial charge is 0.444 e. The molecule has 0 spiro atoms. The number of hydrogen-bond acceptors (Lipinski definition) is 4. The molecule has 0 fully saturated rings. The Bertz CT molecular complexity index is 1250. The van der Waals surface area contributed by atoms with Crippen molar-refractivity contribution >= 4 is 23.6 Å². The molecule has 206 valence electrons. The highest BCUT2D eigenvalue weighted by Crippen LogP contribution is 2.27. The molecule has 0 aliphatic heterocycles. The van der Waals surface area contributed by atoms with Crippen LogP contribution >= 0.6 is 0 Å². The maximum atomic E-state index is 14.2. The van der Waals surface area contributed by atoms with Gasteiger partial charge in [-0.05, 0) is 63.8 Å². The highest BCUT2D eigenvalue weighted by molar-refractivity contribution is 6.00. The number of carbonyl (C=O) groups excluding carboxylic acids is 3. The van der Waals surface area contributed by atoms with E-state index in [0.717, 1.165) is 22.4 Å². The fourth-order valence-corrected chi connectivity index (χ4v) is 4.48. The van der Waals surface area contributed by atoms with Crippen LogP contribution in [0.3, 0.4) is 0 Å². The third-order valence-electron chi connectivity index (χ3n) is 6.30. The molecule has 3 amide bonds. The van der Waals surface area contributed by atoms with E-state index < -0.39 is 23.8 Å². The van der Waals surface area contributed by atoms with Gasteiger partial charge in [0.2, 0.25) is 5.91 Å². The molecule has 0 saturated carbocycles. The molecular weight excluding hydrogens is 490 g/mol. The number of carbonyl (C=O) groups is 3. The standard InChI is InChI=1S/C32H39N3O4/c1-7-35(30(37)26(21-24-17-10-8-11-18-24)33-31(38)39-32(4,5)6)28(25-19-12-9-13-20-25)29(36)34-27-22(2)15-14-16-23(27)3/h8-20,26,28H,7,21H2,1-6H3,(H,33,38)(H,34,36). The third-order valence-corrected chi connectivity index (χ3v) is 6.30. The van der Waals surface area contributed by atoms with Crippen molar-refractivity contribution in [3.63, 3.8) is 0 Å². The van der Waals surface area contributed by atoms with Crippen LogP contribution in [-0.2, 0) is 20.7 Å². The molecule has 2 N–H and O–H groups in total. The molecule has 0 radical (unpaired) electrons. The number of anilines is 1. The van der Waals surface area contributed by atoms with Crippen molar-refractivity contribution in [1.29, 1.82) is 0 Å². The number of para-hydroxylation sites is 1. The minimum atomic E-state index is -0.943. The molecule has 3 aromatic rings. The van der Waals surface area contributed by atoms with E-state index in [9.17, 15) is 14.4 Å². The van der Waals surface area contributed by atoms with Crippen molar-refractivity contribution in [3.05, 3.63) is 101 Å². The van der Waals surface area contributed by atoms with Gasteiger partial charge in [-0.2, -0.15) is 0 Å². The van der Waals surface area contributed by atoms with Gasteiger partial charge in [-0.25, -0.2) is 4.79 Å². The van der Waals surface area contributed by atoms with Crippen LogP contribution in [-0.4, -0.2) is 41.0 Å². The smallest absolute Gasteiger partial charge is 0.408 e. The van der Waals surface area contributed by atoms with E-state index in [-0.39, 0.29) is 24.8 Å². The van der Waals surface area contributed by atoms with Gasteiger partial charge in [0.1, 0.15) is 17.7 Å². The zero-order chi connectivity index (χ0) is 28.6. The van der Waals surface area contributed by atoms with Gasteiger partial charge < -0.3 is 20.3 Å². The predicted octanol–water partition coefficient (Wildman–Crippen LogP) is 5.97. The summed E-state index contributed by atoms with van der Waals surface area (Å²) in [5.41, 5.74) is 3.40. The van der Waals surface area contributed by atoms with Crippen molar-refractivity contribution in [3.8, 4) is 0 Å². The van der Waals surface area contributed by atoms with Gasteiger partial charge in [0, 0.05) is 18.7 Å². The molecule has 0 saturated heterocycles. The Hall–Kier alpha value is -4.13. The van der Waals surface area contributed by atoms with Gasteiger partial charge in [0.15, 0.2) is 0 Å². The van der Waals surface area contributed by atoms with Crippen molar-refractivity contribution in [1.82, 2.24) is 10.2 Å². The molecule has 0 aliphatic carbocycles. The van der Waals surface area contributed by atoms with Gasteiger partial charge in [-0.15, -0.1) is 0 Å². The quantitative estimate of drug-likeness (QED) is 0.358. The van der Waals surface area contributed by atoms with Gasteiger partial charge >= 0.3 is 6.09 Å². The Morgan fingerprint density at radius 1 is 0.846 bits per heavy atom. The van der Waals surface area contributed by atoms with Crippen molar-refractivity contribution in [2.75, 3.05) is 11.9 Å². The normalized spacial score (nSPS) is 12.7. The molecule has 3 aromatic carbocycles. The zero-order valence-corrected chi connectivity index (χ0v) is 23.7. The van der Waals surface area contributed by atoms with E-state index in [0.29, 0.717) is 5.56 Å². The first-order valence-electron chi connectivity index (χ1n) is 13.3. The lowest BCUT2D eigenvalue weighted by Crippen LogP contribution is -2.53. The number of alkyl carbamates (subject to hydrolysis) is 1. The number of rotatable bonds is 9. The molecule has 2 unspecified atom stereocenters. The van der Waals surface area contributed by atoms with Crippen LogP contribution in [0.4, 0.5) is 10.5 Å². The van der Waals surface area contributed by atoms with E-state index in [4.69, 9.17) is 4.74 Å². The molecule has 0 bridgehead atoms. The van der Waals surface area contributed by atoms with Crippen molar-refractivity contribution < 1.29 is 19.1 Å². The van der Waals surface area contributed by atoms with Crippen LogP contribution in [0.15, 0.2) is 78.9 Å². The van der Waals surface area contributed by atoms with E-state index in [1.54, 1.807) is 20.8 Å². The topological polar surface area (TPSA) is 87.7 Å². The lowest BCUT2D eigenvalue weighted by molar-refractivity contribution is -0.140. The number of hydrogen-bond donors (Lipinski definition) is 2. The van der Waals surface area contributed by atoms with E-state index in [1.807, 2.05) is 99.6 Å². The Morgan fingerprint density at radius 3 is 1.95 bits per heavy atom. The maximum Gasteiger partial charge on any atom is 0.408 e. The van der Waals surface area contributed by atoms with Crippen molar-refractivity contribution in [2.45, 2.75) is 65.6 Å². The molecule has 7 heteroatoms. The van der Waals surface area contributed by atoms with E-state index >= 15 is 0 Å². The zero-order valence-electron chi connectivity index (χ0n) is 23.7. The molecule has 0 aromatic heterocycles. The summed E-state index contributed by atoms with van der Waals surface area (Å²) < 4.78 is 5.47. The number of ether oxygens (including phenoxy) is 1. The average molecular weight is 530 g/mol. The number of likely N-dealkylation sites (N-methyl/N-ethyl adjacent to an activating group) is 1. The summed E-state index contributed by atoms with van der Waals surface area (Å²) in [6, 6.07) is 22.6. The summed E-state index contributed by atoms with van der Waals surface area (Å²) >= 11 is 0. The highest BCUT2D eigenvalue weighted by Gasteiger charge is 2.36. The van der Waals surface area contributed by atoms with Crippen LogP contribution in [0.1, 0.15) is 56.0 Å². The molecule has 39 heavy (non-hydrogen) atoms. The predicted molar refractivity (Wildman–Crippen MR) is 154 cm³/mol. The molecule has 7 nitrogen and oxygen atoms in total. The molecular formula is C32H39N3O4. The second-order valence-electron chi connectivity index (χ2n) is 10.6. The monoisotopic (exact) mass is 529 g/mol. The van der Waals surface area contributed by atoms with Gasteiger partial charge in [0.05, 0.1) is 0 Å². The number of benzene rings is 3. The van der Waals surface area contributed by atoms with Gasteiger partial charge in [-0.1, -0.05) is 78.9 Å². The molecule has 2 atom stereocenters. The van der Waals surface area contributed by atoms with Crippen LogP contribution in [0.5, 0.6) is 0 Å². The Kier molecular flexibility index (Phi) is 9.88. The third kappa shape index (κ3) is 8.18. The van der Waals surface area contributed by atoms with Crippen LogP contribution in [0.2, 0.25) is 0 Å². The minimum Gasteiger partial charge on any atom is -0.444 e. The summed E-state index contributed by atoms with van der Waals surface area (Å²) in [6.07, 6.45) is -0.445. The van der Waals surface area contributed by atoms with Crippen LogP contribution in [0.25, 0.3) is 0 Å². The Morgan fingerprint density at radius 2 is 1.41 bits per heavy atom.